The molecule has 1 amide bonds. The molecule has 166 valence electrons. The first-order valence-electron chi connectivity index (χ1n) is 10.4. The SMILES string of the molecule is O=C(N/N=C/c1c(O)ccc2ccccc12)c1[nH]c2ccc([N+](=O)[O-])cc2c1-c1ccccc1. The smallest absolute Gasteiger partial charge is 0.288 e. The van der Waals surface area contributed by atoms with E-state index in [0.29, 0.717) is 22.0 Å². The van der Waals surface area contributed by atoms with Crippen LogP contribution in [0.5, 0.6) is 5.75 Å². The summed E-state index contributed by atoms with van der Waals surface area (Å²) in [6, 6.07) is 24.5. The molecule has 3 N–H and O–H groups in total. The number of phenols is 1. The summed E-state index contributed by atoms with van der Waals surface area (Å²) in [6.45, 7) is 0. The van der Waals surface area contributed by atoms with Gasteiger partial charge in [0, 0.05) is 34.2 Å². The van der Waals surface area contributed by atoms with Gasteiger partial charge in [-0.3, -0.25) is 14.9 Å². The zero-order valence-corrected chi connectivity index (χ0v) is 17.7. The number of amides is 1. The monoisotopic (exact) mass is 450 g/mol. The molecule has 0 saturated carbocycles. The summed E-state index contributed by atoms with van der Waals surface area (Å²) in [5.41, 5.74) is 5.00. The number of hydrazone groups is 1. The molecule has 0 aliphatic rings. The van der Waals surface area contributed by atoms with Crippen molar-refractivity contribution in [3.8, 4) is 16.9 Å². The highest BCUT2D eigenvalue weighted by atomic mass is 16.6. The minimum atomic E-state index is -0.520. The van der Waals surface area contributed by atoms with Crippen LogP contribution in [-0.4, -0.2) is 27.1 Å². The molecule has 34 heavy (non-hydrogen) atoms. The van der Waals surface area contributed by atoms with Gasteiger partial charge in [0.1, 0.15) is 11.4 Å². The van der Waals surface area contributed by atoms with Crippen molar-refractivity contribution in [1.82, 2.24) is 10.4 Å². The Labute approximate surface area is 193 Å². The Morgan fingerprint density at radius 3 is 2.53 bits per heavy atom. The Kier molecular flexibility index (Phi) is 5.23. The fraction of sp³-hybridized carbons (Fsp3) is 0. The van der Waals surface area contributed by atoms with Crippen molar-refractivity contribution >= 4 is 39.5 Å². The number of nitro groups is 1. The zero-order chi connectivity index (χ0) is 23.7. The van der Waals surface area contributed by atoms with Crippen molar-refractivity contribution in [3.63, 3.8) is 0 Å². The van der Waals surface area contributed by atoms with Gasteiger partial charge in [0.15, 0.2) is 0 Å². The van der Waals surface area contributed by atoms with Gasteiger partial charge >= 0.3 is 0 Å². The highest BCUT2D eigenvalue weighted by Crippen LogP contribution is 2.34. The first-order chi connectivity index (χ1) is 16.5. The third kappa shape index (κ3) is 3.73. The number of hydrogen-bond donors (Lipinski definition) is 3. The van der Waals surface area contributed by atoms with Crippen LogP contribution >= 0.6 is 0 Å². The van der Waals surface area contributed by atoms with Crippen molar-refractivity contribution in [3.05, 3.63) is 106 Å². The number of rotatable bonds is 5. The van der Waals surface area contributed by atoms with Gasteiger partial charge in [0.25, 0.3) is 11.6 Å². The van der Waals surface area contributed by atoms with Crippen LogP contribution in [0.3, 0.4) is 0 Å². The van der Waals surface area contributed by atoms with Gasteiger partial charge in [-0.25, -0.2) is 5.43 Å². The predicted octanol–water partition coefficient (Wildman–Crippen LogP) is 5.37. The molecule has 5 aromatic rings. The normalized spacial score (nSPS) is 11.3. The van der Waals surface area contributed by atoms with Crippen LogP contribution in [0.4, 0.5) is 5.69 Å². The quantitative estimate of drug-likeness (QED) is 0.189. The number of hydrogen-bond acceptors (Lipinski definition) is 5. The lowest BCUT2D eigenvalue weighted by atomic mass is 10.0. The molecule has 0 saturated heterocycles. The van der Waals surface area contributed by atoms with Gasteiger partial charge in [-0.15, -0.1) is 0 Å². The third-order valence-corrected chi connectivity index (χ3v) is 5.59. The van der Waals surface area contributed by atoms with Crippen LogP contribution in [0.1, 0.15) is 16.1 Å². The number of nitro benzene ring substituents is 1. The number of aromatic nitrogens is 1. The van der Waals surface area contributed by atoms with E-state index in [-0.39, 0.29) is 17.1 Å². The van der Waals surface area contributed by atoms with E-state index in [4.69, 9.17) is 0 Å². The molecule has 0 unspecified atom stereocenters. The number of nitrogens with one attached hydrogen (secondary N) is 2. The van der Waals surface area contributed by atoms with Gasteiger partial charge in [0.2, 0.25) is 0 Å². The number of fused-ring (bicyclic) bond motifs is 2. The average Bonchev–Trinajstić information content (AvgIpc) is 3.24. The van der Waals surface area contributed by atoms with E-state index in [1.165, 1.54) is 18.3 Å². The van der Waals surface area contributed by atoms with Crippen LogP contribution in [-0.2, 0) is 0 Å². The molecule has 5 rings (SSSR count). The van der Waals surface area contributed by atoms with Crippen LogP contribution in [0.25, 0.3) is 32.8 Å². The summed E-state index contributed by atoms with van der Waals surface area (Å²) in [4.78, 5) is 27.0. The van der Waals surface area contributed by atoms with E-state index in [1.807, 2.05) is 54.6 Å². The fourth-order valence-electron chi connectivity index (χ4n) is 4.00. The second-order valence-corrected chi connectivity index (χ2v) is 7.65. The molecule has 1 aromatic heterocycles. The molecular weight excluding hydrogens is 432 g/mol. The molecule has 8 nitrogen and oxygen atoms in total. The Balaban J connectivity index is 1.54. The number of nitrogens with zero attached hydrogens (tertiary/aromatic N) is 2. The zero-order valence-electron chi connectivity index (χ0n) is 17.7. The minimum Gasteiger partial charge on any atom is -0.507 e. The first-order valence-corrected chi connectivity index (χ1v) is 10.4. The summed E-state index contributed by atoms with van der Waals surface area (Å²) in [7, 11) is 0. The van der Waals surface area contributed by atoms with Crippen molar-refractivity contribution in [1.29, 1.82) is 0 Å². The van der Waals surface area contributed by atoms with Crippen LogP contribution in [0.2, 0.25) is 0 Å². The summed E-state index contributed by atoms with van der Waals surface area (Å²) in [5, 5.41) is 27.9. The lowest BCUT2D eigenvalue weighted by Gasteiger charge is -2.06. The second-order valence-electron chi connectivity index (χ2n) is 7.65. The average molecular weight is 450 g/mol. The molecule has 0 bridgehead atoms. The number of benzene rings is 4. The maximum absolute atomic E-state index is 13.1. The number of carbonyl (C=O) groups is 1. The molecule has 1 heterocycles. The second kappa shape index (κ2) is 8.51. The number of aromatic hydroxyl groups is 1. The van der Waals surface area contributed by atoms with E-state index >= 15 is 0 Å². The van der Waals surface area contributed by atoms with Crippen LogP contribution < -0.4 is 5.43 Å². The molecule has 0 aliphatic heterocycles. The molecular formula is C26H18N4O4. The Morgan fingerprint density at radius 1 is 0.971 bits per heavy atom. The fourth-order valence-corrected chi connectivity index (χ4v) is 4.00. The van der Waals surface area contributed by atoms with Gasteiger partial charge in [-0.1, -0.05) is 60.7 Å². The topological polar surface area (TPSA) is 121 Å². The predicted molar refractivity (Wildman–Crippen MR) is 131 cm³/mol. The van der Waals surface area contributed by atoms with E-state index in [9.17, 15) is 20.0 Å². The maximum atomic E-state index is 13.1. The standard InChI is InChI=1S/C26H18N4O4/c31-23-13-10-16-6-4-5-9-19(16)21(23)15-27-29-26(32)25-24(17-7-2-1-3-8-17)20-14-18(30(33)34)11-12-22(20)28-25/h1-15,28,31H,(H,29,32)/b27-15+. The number of H-pyrrole nitrogens is 1. The minimum absolute atomic E-state index is 0.0413. The lowest BCUT2D eigenvalue weighted by molar-refractivity contribution is -0.384. The first kappa shape index (κ1) is 20.9. The van der Waals surface area contributed by atoms with Crippen LogP contribution in [0, 0.1) is 10.1 Å². The Bertz CT molecular complexity index is 1590. The number of carbonyl (C=O) groups excluding carboxylic acids is 1. The van der Waals surface area contributed by atoms with E-state index < -0.39 is 10.8 Å². The molecule has 0 spiro atoms. The molecule has 4 aromatic carbocycles. The lowest BCUT2D eigenvalue weighted by Crippen LogP contribution is -2.18. The van der Waals surface area contributed by atoms with Gasteiger partial charge in [0.05, 0.1) is 11.1 Å². The van der Waals surface area contributed by atoms with Crippen molar-refractivity contribution in [2.75, 3.05) is 0 Å². The summed E-state index contributed by atoms with van der Waals surface area (Å²) in [5.74, 6) is -0.478. The summed E-state index contributed by atoms with van der Waals surface area (Å²) in [6.07, 6.45) is 1.39. The molecule has 0 aliphatic carbocycles. The number of non-ortho nitro benzene ring substituents is 1. The number of phenolic OH excluding ortho intramolecular Hbond substituents is 1. The molecule has 8 heteroatoms. The Morgan fingerprint density at radius 2 is 1.74 bits per heavy atom. The van der Waals surface area contributed by atoms with Gasteiger partial charge in [-0.2, -0.15) is 5.10 Å². The third-order valence-electron chi connectivity index (χ3n) is 5.59. The summed E-state index contributed by atoms with van der Waals surface area (Å²) >= 11 is 0. The van der Waals surface area contributed by atoms with Gasteiger partial charge < -0.3 is 10.1 Å². The number of aromatic amines is 1. The Hall–Kier alpha value is -4.98. The highest BCUT2D eigenvalue weighted by Gasteiger charge is 2.21. The maximum Gasteiger partial charge on any atom is 0.288 e. The highest BCUT2D eigenvalue weighted by molar-refractivity contribution is 6.10. The van der Waals surface area contributed by atoms with Crippen molar-refractivity contribution < 1.29 is 14.8 Å². The van der Waals surface area contributed by atoms with E-state index in [2.05, 4.69) is 15.5 Å². The molecule has 0 fully saturated rings. The van der Waals surface area contributed by atoms with Crippen molar-refractivity contribution in [2.24, 2.45) is 5.10 Å². The van der Waals surface area contributed by atoms with Crippen molar-refractivity contribution in [2.45, 2.75) is 0 Å². The summed E-state index contributed by atoms with van der Waals surface area (Å²) < 4.78 is 0. The largest absolute Gasteiger partial charge is 0.507 e. The van der Waals surface area contributed by atoms with E-state index in [1.54, 1.807) is 18.2 Å². The molecule has 0 atom stereocenters. The van der Waals surface area contributed by atoms with Gasteiger partial charge in [-0.05, 0) is 28.5 Å². The van der Waals surface area contributed by atoms with Crippen LogP contribution in [0.15, 0.2) is 90.0 Å². The molecule has 0 radical (unpaired) electrons. The van der Waals surface area contributed by atoms with E-state index in [0.717, 1.165) is 16.3 Å².